The number of nitrogens with one attached hydrogen (secondary N) is 1. The third-order valence-electron chi connectivity index (χ3n) is 4.34. The van der Waals surface area contributed by atoms with Crippen molar-refractivity contribution in [3.8, 4) is 11.5 Å². The van der Waals surface area contributed by atoms with E-state index in [9.17, 15) is 14.4 Å². The number of hydrogen-bond acceptors (Lipinski definition) is 6. The van der Waals surface area contributed by atoms with Gasteiger partial charge in [-0.25, -0.2) is 0 Å². The number of rotatable bonds is 8. The highest BCUT2D eigenvalue weighted by Gasteiger charge is 2.34. The molecule has 3 rings (SSSR count). The molecule has 8 heteroatoms. The predicted molar refractivity (Wildman–Crippen MR) is 115 cm³/mol. The van der Waals surface area contributed by atoms with Crippen LogP contribution in [0.3, 0.4) is 0 Å². The normalized spacial score (nSPS) is 14.9. The van der Waals surface area contributed by atoms with E-state index in [-0.39, 0.29) is 36.7 Å². The Balaban J connectivity index is 1.47. The van der Waals surface area contributed by atoms with Crippen molar-refractivity contribution in [2.24, 2.45) is 0 Å². The maximum absolute atomic E-state index is 12.5. The van der Waals surface area contributed by atoms with Gasteiger partial charge < -0.3 is 14.8 Å². The number of carbonyl (C=O) groups excluding carboxylic acids is 3. The van der Waals surface area contributed by atoms with Gasteiger partial charge in [-0.1, -0.05) is 29.8 Å². The molecule has 0 atom stereocenters. The van der Waals surface area contributed by atoms with Crippen molar-refractivity contribution in [1.82, 2.24) is 10.2 Å². The molecule has 2 aromatic rings. The van der Waals surface area contributed by atoms with Crippen LogP contribution in [0.4, 0.5) is 4.79 Å². The molecule has 0 saturated carbocycles. The van der Waals surface area contributed by atoms with E-state index in [2.05, 4.69) is 5.32 Å². The van der Waals surface area contributed by atoms with Gasteiger partial charge in [0.2, 0.25) is 0 Å². The van der Waals surface area contributed by atoms with Crippen molar-refractivity contribution in [3.05, 3.63) is 64.6 Å². The molecule has 1 fully saturated rings. The van der Waals surface area contributed by atoms with Crippen LogP contribution >= 0.6 is 11.8 Å². The number of aryl methyl sites for hydroxylation is 1. The van der Waals surface area contributed by atoms with Crippen LogP contribution in [0.1, 0.15) is 11.1 Å². The second kappa shape index (κ2) is 9.98. The summed E-state index contributed by atoms with van der Waals surface area (Å²) in [6.45, 7) is 2.08. The first-order valence-electron chi connectivity index (χ1n) is 9.32. The highest BCUT2D eigenvalue weighted by Crippen LogP contribution is 2.32. The zero-order valence-corrected chi connectivity index (χ0v) is 17.5. The van der Waals surface area contributed by atoms with E-state index in [1.54, 1.807) is 49.6 Å². The van der Waals surface area contributed by atoms with Gasteiger partial charge in [0.25, 0.3) is 17.1 Å². The lowest BCUT2D eigenvalue weighted by Crippen LogP contribution is -2.38. The van der Waals surface area contributed by atoms with Crippen LogP contribution in [-0.4, -0.2) is 48.8 Å². The van der Waals surface area contributed by atoms with E-state index in [0.717, 1.165) is 27.8 Å². The molecular weight excluding hydrogens is 404 g/mol. The zero-order chi connectivity index (χ0) is 21.5. The van der Waals surface area contributed by atoms with Gasteiger partial charge in [-0.15, -0.1) is 0 Å². The summed E-state index contributed by atoms with van der Waals surface area (Å²) in [6.07, 6.45) is 1.67. The van der Waals surface area contributed by atoms with E-state index >= 15 is 0 Å². The summed E-state index contributed by atoms with van der Waals surface area (Å²) in [7, 11) is 1.58. The number of ether oxygens (including phenoxy) is 2. The van der Waals surface area contributed by atoms with Gasteiger partial charge in [0.1, 0.15) is 11.5 Å². The fourth-order valence-corrected chi connectivity index (χ4v) is 3.55. The van der Waals surface area contributed by atoms with E-state index in [0.29, 0.717) is 16.4 Å². The molecule has 0 unspecified atom stereocenters. The Hall–Kier alpha value is -3.26. The molecule has 7 nitrogen and oxygen atoms in total. The molecule has 0 aromatic heterocycles. The molecule has 1 N–H and O–H groups in total. The first-order valence-corrected chi connectivity index (χ1v) is 10.1. The molecule has 1 saturated heterocycles. The summed E-state index contributed by atoms with van der Waals surface area (Å²) in [5, 5.41) is 2.30. The second-order valence-electron chi connectivity index (χ2n) is 6.56. The molecule has 0 aliphatic carbocycles. The maximum atomic E-state index is 12.5. The van der Waals surface area contributed by atoms with Gasteiger partial charge in [0.15, 0.2) is 6.61 Å². The van der Waals surface area contributed by atoms with Crippen LogP contribution < -0.4 is 14.8 Å². The van der Waals surface area contributed by atoms with Crippen molar-refractivity contribution in [2.45, 2.75) is 6.92 Å². The van der Waals surface area contributed by atoms with Gasteiger partial charge in [0, 0.05) is 13.1 Å². The molecule has 1 aliphatic rings. The Labute approximate surface area is 179 Å². The number of methoxy groups -OCH3 is 1. The molecule has 3 amide bonds. The van der Waals surface area contributed by atoms with Crippen molar-refractivity contribution >= 4 is 34.9 Å². The monoisotopic (exact) mass is 426 g/mol. The highest BCUT2D eigenvalue weighted by atomic mass is 32.2. The molecule has 0 spiro atoms. The Bertz CT molecular complexity index is 954. The highest BCUT2D eigenvalue weighted by molar-refractivity contribution is 8.18. The Kier molecular flexibility index (Phi) is 7.13. The van der Waals surface area contributed by atoms with Crippen molar-refractivity contribution < 1.29 is 23.9 Å². The van der Waals surface area contributed by atoms with Crippen molar-refractivity contribution in [1.29, 1.82) is 0 Å². The molecule has 1 aliphatic heterocycles. The lowest BCUT2D eigenvalue weighted by atomic mass is 10.2. The van der Waals surface area contributed by atoms with Gasteiger partial charge in [0.05, 0.1) is 12.0 Å². The summed E-state index contributed by atoms with van der Waals surface area (Å²) < 4.78 is 10.5. The number of carbonyl (C=O) groups is 3. The fraction of sp³-hybridized carbons (Fsp3) is 0.227. The second-order valence-corrected chi connectivity index (χ2v) is 7.55. The molecule has 0 radical (unpaired) electrons. The van der Waals surface area contributed by atoms with E-state index in [1.807, 2.05) is 19.1 Å². The molecule has 30 heavy (non-hydrogen) atoms. The molecule has 0 bridgehead atoms. The topological polar surface area (TPSA) is 84.9 Å². The molecule has 1 heterocycles. The third kappa shape index (κ3) is 5.64. The summed E-state index contributed by atoms with van der Waals surface area (Å²) in [5.74, 6) is 0.620. The average Bonchev–Trinajstić information content (AvgIpc) is 3.01. The number of amides is 3. The average molecular weight is 426 g/mol. The van der Waals surface area contributed by atoms with Crippen LogP contribution in [-0.2, 0) is 9.59 Å². The number of nitrogens with zero attached hydrogens (tertiary/aromatic N) is 1. The standard InChI is InChI=1S/C22H22N2O5S/c1-15-3-7-18(8-4-15)29-14-20(25)23-11-12-24-21(26)19(30-22(24)27)13-16-5-9-17(28-2)10-6-16/h3-10,13H,11-12,14H2,1-2H3,(H,23,25). The minimum atomic E-state index is -0.369. The van der Waals surface area contributed by atoms with E-state index in [1.165, 1.54) is 0 Å². The molecule has 2 aromatic carbocycles. The van der Waals surface area contributed by atoms with Gasteiger partial charge in [-0.2, -0.15) is 0 Å². The maximum Gasteiger partial charge on any atom is 0.293 e. The van der Waals surface area contributed by atoms with Crippen molar-refractivity contribution in [3.63, 3.8) is 0 Å². The van der Waals surface area contributed by atoms with Crippen LogP contribution in [0.5, 0.6) is 11.5 Å². The minimum absolute atomic E-state index is 0.0981. The van der Waals surface area contributed by atoms with Crippen LogP contribution in [0.15, 0.2) is 53.4 Å². The number of imide groups is 1. The SMILES string of the molecule is COc1ccc(C=C2SC(=O)N(CCNC(=O)COc3ccc(C)cc3)C2=O)cc1. The van der Waals surface area contributed by atoms with Crippen LogP contribution in [0.25, 0.3) is 6.08 Å². The van der Waals surface area contributed by atoms with Crippen LogP contribution in [0, 0.1) is 6.92 Å². The molecule has 156 valence electrons. The van der Waals surface area contributed by atoms with Gasteiger partial charge in [-0.05, 0) is 54.6 Å². The zero-order valence-electron chi connectivity index (χ0n) is 16.7. The Morgan fingerprint density at radius 3 is 2.40 bits per heavy atom. The summed E-state index contributed by atoms with van der Waals surface area (Å²) in [5.41, 5.74) is 1.90. The minimum Gasteiger partial charge on any atom is -0.497 e. The Morgan fingerprint density at radius 2 is 1.73 bits per heavy atom. The fourth-order valence-electron chi connectivity index (χ4n) is 2.69. The quantitative estimate of drug-likeness (QED) is 0.653. The third-order valence-corrected chi connectivity index (χ3v) is 5.24. The van der Waals surface area contributed by atoms with E-state index < -0.39 is 0 Å². The van der Waals surface area contributed by atoms with E-state index in [4.69, 9.17) is 9.47 Å². The van der Waals surface area contributed by atoms with Crippen LogP contribution in [0.2, 0.25) is 0 Å². The van der Waals surface area contributed by atoms with Gasteiger partial charge in [-0.3, -0.25) is 19.3 Å². The number of thioether (sulfide) groups is 1. The number of benzene rings is 2. The summed E-state index contributed by atoms with van der Waals surface area (Å²) in [4.78, 5) is 38.1. The first kappa shape index (κ1) is 21.4. The van der Waals surface area contributed by atoms with Gasteiger partial charge >= 0.3 is 0 Å². The smallest absolute Gasteiger partial charge is 0.293 e. The lowest BCUT2D eigenvalue weighted by Gasteiger charge is -2.13. The predicted octanol–water partition coefficient (Wildman–Crippen LogP) is 3.24. The summed E-state index contributed by atoms with van der Waals surface area (Å²) in [6, 6.07) is 14.5. The first-order chi connectivity index (χ1) is 14.5. The molecular formula is C22H22N2O5S. The largest absolute Gasteiger partial charge is 0.497 e. The number of hydrogen-bond donors (Lipinski definition) is 1. The Morgan fingerprint density at radius 1 is 1.07 bits per heavy atom. The summed E-state index contributed by atoms with van der Waals surface area (Å²) >= 11 is 0.884. The lowest BCUT2D eigenvalue weighted by molar-refractivity contribution is -0.125. The van der Waals surface area contributed by atoms with Crippen molar-refractivity contribution in [2.75, 3.05) is 26.8 Å².